The van der Waals surface area contributed by atoms with Crippen molar-refractivity contribution in [3.63, 3.8) is 0 Å². The first kappa shape index (κ1) is 8.91. The van der Waals surface area contributed by atoms with E-state index in [1.807, 2.05) is 4.90 Å². The fourth-order valence-electron chi connectivity index (χ4n) is 2.36. The summed E-state index contributed by atoms with van der Waals surface area (Å²) >= 11 is 0. The van der Waals surface area contributed by atoms with E-state index in [1.165, 1.54) is 6.26 Å². The molecule has 2 saturated heterocycles. The van der Waals surface area contributed by atoms with Crippen LogP contribution in [0.2, 0.25) is 0 Å². The molecule has 2 aliphatic heterocycles. The van der Waals surface area contributed by atoms with E-state index >= 15 is 0 Å². The van der Waals surface area contributed by atoms with E-state index in [9.17, 15) is 4.79 Å². The Labute approximate surface area is 87.4 Å². The molecule has 0 aromatic carbocycles. The maximum Gasteiger partial charge on any atom is 0.259 e. The number of carbonyl (C=O) groups excluding carboxylic acids is 1. The summed E-state index contributed by atoms with van der Waals surface area (Å²) < 4.78 is 4.79. The molecule has 2 unspecified atom stereocenters. The lowest BCUT2D eigenvalue weighted by Gasteiger charge is -2.37. The van der Waals surface area contributed by atoms with E-state index in [1.54, 1.807) is 6.92 Å². The first-order valence-electron chi connectivity index (χ1n) is 5.22. The predicted octanol–water partition coefficient (Wildman–Crippen LogP) is 0.169. The van der Waals surface area contributed by atoms with Gasteiger partial charge in [-0.3, -0.25) is 4.79 Å². The van der Waals surface area contributed by atoms with Crippen molar-refractivity contribution in [2.75, 3.05) is 13.1 Å². The van der Waals surface area contributed by atoms with Gasteiger partial charge in [-0.15, -0.1) is 0 Å². The SMILES string of the molecule is Cc1nocc1C(=O)N1CCC2NCC21. The van der Waals surface area contributed by atoms with Gasteiger partial charge in [-0.05, 0) is 13.3 Å². The Balaban J connectivity index is 1.83. The summed E-state index contributed by atoms with van der Waals surface area (Å²) in [6, 6.07) is 0.890. The second-order valence-electron chi connectivity index (χ2n) is 4.18. The van der Waals surface area contributed by atoms with Gasteiger partial charge in [0.25, 0.3) is 5.91 Å². The fourth-order valence-corrected chi connectivity index (χ4v) is 2.36. The molecule has 2 fully saturated rings. The highest BCUT2D eigenvalue weighted by atomic mass is 16.5. The lowest BCUT2D eigenvalue weighted by Crippen LogP contribution is -2.60. The van der Waals surface area contributed by atoms with Crippen LogP contribution in [-0.2, 0) is 0 Å². The molecule has 2 aliphatic rings. The molecule has 1 amide bonds. The maximum absolute atomic E-state index is 12.1. The molecule has 0 aliphatic carbocycles. The van der Waals surface area contributed by atoms with E-state index in [0.717, 1.165) is 19.5 Å². The summed E-state index contributed by atoms with van der Waals surface area (Å²) in [5.74, 6) is 0.0581. The molecule has 1 N–H and O–H groups in total. The van der Waals surface area contributed by atoms with Crippen LogP contribution in [0.3, 0.4) is 0 Å². The largest absolute Gasteiger partial charge is 0.364 e. The third-order valence-electron chi connectivity index (χ3n) is 3.38. The average molecular weight is 207 g/mol. The van der Waals surface area contributed by atoms with Crippen LogP contribution in [0.15, 0.2) is 10.8 Å². The van der Waals surface area contributed by atoms with Crippen LogP contribution in [0, 0.1) is 6.92 Å². The third kappa shape index (κ3) is 1.19. The summed E-state index contributed by atoms with van der Waals surface area (Å²) in [5.41, 5.74) is 1.28. The number of rotatable bonds is 1. The summed E-state index contributed by atoms with van der Waals surface area (Å²) in [5, 5.41) is 7.05. The van der Waals surface area contributed by atoms with Crippen molar-refractivity contribution in [2.45, 2.75) is 25.4 Å². The molecule has 5 heteroatoms. The van der Waals surface area contributed by atoms with E-state index in [0.29, 0.717) is 23.3 Å². The van der Waals surface area contributed by atoms with Gasteiger partial charge in [-0.25, -0.2) is 0 Å². The number of aryl methyl sites for hydroxylation is 1. The van der Waals surface area contributed by atoms with Gasteiger partial charge in [0.1, 0.15) is 11.8 Å². The second kappa shape index (κ2) is 3.06. The molecule has 3 rings (SSSR count). The first-order chi connectivity index (χ1) is 7.27. The molecular weight excluding hydrogens is 194 g/mol. The summed E-state index contributed by atoms with van der Waals surface area (Å²) in [7, 11) is 0. The minimum absolute atomic E-state index is 0.0581. The van der Waals surface area contributed by atoms with Crippen LogP contribution < -0.4 is 5.32 Å². The standard InChI is InChI=1S/C10H13N3O2/c1-6-7(5-15-12-6)10(14)13-3-2-8-9(13)4-11-8/h5,8-9,11H,2-4H2,1H3. The van der Waals surface area contributed by atoms with Crippen LogP contribution in [0.1, 0.15) is 22.5 Å². The Kier molecular flexibility index (Phi) is 1.82. The van der Waals surface area contributed by atoms with E-state index in [-0.39, 0.29) is 5.91 Å². The van der Waals surface area contributed by atoms with Gasteiger partial charge >= 0.3 is 0 Å². The lowest BCUT2D eigenvalue weighted by molar-refractivity contribution is 0.0677. The Morgan fingerprint density at radius 3 is 3.13 bits per heavy atom. The van der Waals surface area contributed by atoms with Gasteiger partial charge in [0.05, 0.1) is 11.7 Å². The van der Waals surface area contributed by atoms with Crippen LogP contribution in [0.25, 0.3) is 0 Å². The van der Waals surface area contributed by atoms with Crippen molar-refractivity contribution in [3.8, 4) is 0 Å². The van der Waals surface area contributed by atoms with Crippen molar-refractivity contribution >= 4 is 5.91 Å². The Morgan fingerprint density at radius 1 is 1.73 bits per heavy atom. The number of carbonyl (C=O) groups is 1. The van der Waals surface area contributed by atoms with Crippen molar-refractivity contribution in [1.29, 1.82) is 0 Å². The van der Waals surface area contributed by atoms with Crippen LogP contribution in [-0.4, -0.2) is 41.1 Å². The molecule has 0 bridgehead atoms. The molecule has 3 heterocycles. The Morgan fingerprint density at radius 2 is 2.60 bits per heavy atom. The number of nitrogens with one attached hydrogen (secondary N) is 1. The molecule has 1 aromatic heterocycles. The number of fused-ring (bicyclic) bond motifs is 1. The maximum atomic E-state index is 12.1. The third-order valence-corrected chi connectivity index (χ3v) is 3.38. The van der Waals surface area contributed by atoms with Gasteiger partial charge in [-0.1, -0.05) is 5.16 Å². The highest BCUT2D eigenvalue weighted by Gasteiger charge is 2.43. The van der Waals surface area contributed by atoms with Crippen molar-refractivity contribution in [1.82, 2.24) is 15.4 Å². The highest BCUT2D eigenvalue weighted by molar-refractivity contribution is 5.95. The zero-order valence-electron chi connectivity index (χ0n) is 8.56. The van der Waals surface area contributed by atoms with Gasteiger partial charge in [0, 0.05) is 19.1 Å². The molecule has 2 atom stereocenters. The van der Waals surface area contributed by atoms with Gasteiger partial charge in [0.2, 0.25) is 0 Å². The van der Waals surface area contributed by atoms with Crippen LogP contribution >= 0.6 is 0 Å². The summed E-state index contributed by atoms with van der Waals surface area (Å²) in [6.07, 6.45) is 2.50. The molecule has 15 heavy (non-hydrogen) atoms. The summed E-state index contributed by atoms with van der Waals surface area (Å²) in [4.78, 5) is 14.0. The quantitative estimate of drug-likeness (QED) is 0.713. The summed E-state index contributed by atoms with van der Waals surface area (Å²) in [6.45, 7) is 3.55. The molecule has 0 radical (unpaired) electrons. The Bertz CT molecular complexity index is 401. The van der Waals surface area contributed by atoms with Gasteiger partial charge < -0.3 is 14.7 Å². The smallest absolute Gasteiger partial charge is 0.259 e. The lowest BCUT2D eigenvalue weighted by atomic mass is 10.0. The number of amides is 1. The zero-order chi connectivity index (χ0) is 10.4. The molecule has 80 valence electrons. The van der Waals surface area contributed by atoms with E-state index in [4.69, 9.17) is 4.52 Å². The van der Waals surface area contributed by atoms with Gasteiger partial charge in [0.15, 0.2) is 0 Å². The van der Waals surface area contributed by atoms with E-state index < -0.39 is 0 Å². The van der Waals surface area contributed by atoms with E-state index in [2.05, 4.69) is 10.5 Å². The molecule has 0 saturated carbocycles. The number of likely N-dealkylation sites (tertiary alicyclic amines) is 1. The van der Waals surface area contributed by atoms with Crippen molar-refractivity contribution < 1.29 is 9.32 Å². The molecule has 1 aromatic rings. The number of aromatic nitrogens is 1. The molecular formula is C10H13N3O2. The second-order valence-corrected chi connectivity index (χ2v) is 4.18. The average Bonchev–Trinajstić information content (AvgIpc) is 2.70. The minimum Gasteiger partial charge on any atom is -0.364 e. The Hall–Kier alpha value is -1.36. The topological polar surface area (TPSA) is 58.4 Å². The highest BCUT2D eigenvalue weighted by Crippen LogP contribution is 2.26. The van der Waals surface area contributed by atoms with Crippen molar-refractivity contribution in [2.24, 2.45) is 0 Å². The predicted molar refractivity (Wildman–Crippen MR) is 52.5 cm³/mol. The monoisotopic (exact) mass is 207 g/mol. The number of nitrogens with zero attached hydrogens (tertiary/aromatic N) is 2. The first-order valence-corrected chi connectivity index (χ1v) is 5.22. The number of hydrogen-bond acceptors (Lipinski definition) is 4. The number of hydrogen-bond donors (Lipinski definition) is 1. The van der Waals surface area contributed by atoms with Crippen LogP contribution in [0.5, 0.6) is 0 Å². The fraction of sp³-hybridized carbons (Fsp3) is 0.600. The zero-order valence-corrected chi connectivity index (χ0v) is 8.56. The van der Waals surface area contributed by atoms with Crippen molar-refractivity contribution in [3.05, 3.63) is 17.5 Å². The molecule has 5 nitrogen and oxygen atoms in total. The van der Waals surface area contributed by atoms with Crippen LogP contribution in [0.4, 0.5) is 0 Å². The van der Waals surface area contributed by atoms with Gasteiger partial charge in [-0.2, -0.15) is 0 Å². The minimum atomic E-state index is 0.0581. The molecule has 0 spiro atoms. The normalized spacial score (nSPS) is 28.7.